The van der Waals surface area contributed by atoms with Gasteiger partial charge in [-0.25, -0.2) is 8.78 Å². The number of nitrogens with one attached hydrogen (secondary N) is 1. The first-order valence-corrected chi connectivity index (χ1v) is 5.99. The van der Waals surface area contributed by atoms with Crippen molar-refractivity contribution in [2.75, 3.05) is 26.7 Å². The van der Waals surface area contributed by atoms with Crippen molar-refractivity contribution in [1.82, 2.24) is 10.2 Å². The Balaban J connectivity index is 4.10. The zero-order valence-electron chi connectivity index (χ0n) is 11.2. The smallest absolute Gasteiger partial charge is 0.251 e. The van der Waals surface area contributed by atoms with E-state index in [1.807, 2.05) is 0 Å². The highest BCUT2D eigenvalue weighted by molar-refractivity contribution is 4.83. The monoisotopic (exact) mass is 236 g/mol. The molecule has 0 amide bonds. The summed E-state index contributed by atoms with van der Waals surface area (Å²) >= 11 is 0. The van der Waals surface area contributed by atoms with Crippen molar-refractivity contribution in [2.45, 2.75) is 46.6 Å². The molecule has 0 rings (SSSR count). The first-order chi connectivity index (χ1) is 7.29. The quantitative estimate of drug-likeness (QED) is 0.697. The normalized spacial score (nSPS) is 14.8. The van der Waals surface area contributed by atoms with Crippen LogP contribution in [0.1, 0.15) is 34.1 Å². The summed E-state index contributed by atoms with van der Waals surface area (Å²) in [5.74, 6) is 0. The second-order valence-corrected chi connectivity index (χ2v) is 5.25. The molecule has 0 saturated carbocycles. The van der Waals surface area contributed by atoms with Crippen LogP contribution in [0.25, 0.3) is 0 Å². The van der Waals surface area contributed by atoms with E-state index < -0.39 is 6.43 Å². The molecule has 0 aromatic carbocycles. The van der Waals surface area contributed by atoms with E-state index in [1.54, 1.807) is 11.9 Å². The first-order valence-electron chi connectivity index (χ1n) is 5.99. The van der Waals surface area contributed by atoms with Crippen LogP contribution in [0.15, 0.2) is 0 Å². The standard InChI is InChI=1S/C12H26F2N2/c1-6-7-15-10(2)12(3,4)9-16(5)8-11(13)14/h10-11,15H,6-9H2,1-5H3. The average molecular weight is 236 g/mol. The van der Waals surface area contributed by atoms with Gasteiger partial charge in [0.1, 0.15) is 0 Å². The molecule has 0 aromatic rings. The maximum Gasteiger partial charge on any atom is 0.251 e. The van der Waals surface area contributed by atoms with E-state index in [9.17, 15) is 8.78 Å². The number of halogens is 2. The van der Waals surface area contributed by atoms with Crippen molar-refractivity contribution in [1.29, 1.82) is 0 Å². The molecular formula is C12H26F2N2. The molecule has 98 valence electrons. The van der Waals surface area contributed by atoms with Gasteiger partial charge in [-0.05, 0) is 32.4 Å². The molecule has 0 radical (unpaired) electrons. The van der Waals surface area contributed by atoms with Gasteiger partial charge in [0.15, 0.2) is 0 Å². The fourth-order valence-electron chi connectivity index (χ4n) is 1.77. The third-order valence-electron chi connectivity index (χ3n) is 3.00. The number of hydrogen-bond acceptors (Lipinski definition) is 2. The largest absolute Gasteiger partial charge is 0.314 e. The lowest BCUT2D eigenvalue weighted by molar-refractivity contribution is 0.0744. The predicted molar refractivity (Wildman–Crippen MR) is 65.0 cm³/mol. The topological polar surface area (TPSA) is 15.3 Å². The van der Waals surface area contributed by atoms with Crippen LogP contribution >= 0.6 is 0 Å². The van der Waals surface area contributed by atoms with Gasteiger partial charge in [0.25, 0.3) is 6.43 Å². The van der Waals surface area contributed by atoms with Gasteiger partial charge < -0.3 is 10.2 Å². The Hall–Kier alpha value is -0.220. The number of rotatable bonds is 8. The lowest BCUT2D eigenvalue weighted by Crippen LogP contribution is -2.46. The van der Waals surface area contributed by atoms with Crippen LogP contribution in [0.2, 0.25) is 0 Å². The van der Waals surface area contributed by atoms with Crippen LogP contribution in [0.4, 0.5) is 8.78 Å². The van der Waals surface area contributed by atoms with Gasteiger partial charge in [0.2, 0.25) is 0 Å². The molecule has 2 nitrogen and oxygen atoms in total. The zero-order valence-corrected chi connectivity index (χ0v) is 11.2. The lowest BCUT2D eigenvalue weighted by Gasteiger charge is -2.36. The average Bonchev–Trinajstić information content (AvgIpc) is 2.11. The van der Waals surface area contributed by atoms with Crippen LogP contribution in [0.3, 0.4) is 0 Å². The van der Waals surface area contributed by atoms with Gasteiger partial charge >= 0.3 is 0 Å². The lowest BCUT2D eigenvalue weighted by atomic mass is 9.84. The van der Waals surface area contributed by atoms with Crippen LogP contribution in [-0.4, -0.2) is 44.0 Å². The highest BCUT2D eigenvalue weighted by Crippen LogP contribution is 2.21. The third-order valence-corrected chi connectivity index (χ3v) is 3.00. The van der Waals surface area contributed by atoms with Crippen LogP contribution in [-0.2, 0) is 0 Å². The van der Waals surface area contributed by atoms with Crippen molar-refractivity contribution in [2.24, 2.45) is 5.41 Å². The van der Waals surface area contributed by atoms with E-state index in [0.717, 1.165) is 13.0 Å². The van der Waals surface area contributed by atoms with Crippen LogP contribution < -0.4 is 5.32 Å². The fraction of sp³-hybridized carbons (Fsp3) is 1.00. The maximum absolute atomic E-state index is 12.2. The van der Waals surface area contributed by atoms with Crippen molar-refractivity contribution < 1.29 is 8.78 Å². The Morgan fingerprint density at radius 2 is 1.88 bits per heavy atom. The molecule has 0 saturated heterocycles. The summed E-state index contributed by atoms with van der Waals surface area (Å²) in [6.07, 6.45) is -1.16. The second kappa shape index (κ2) is 7.17. The van der Waals surface area contributed by atoms with Gasteiger partial charge in [0, 0.05) is 12.6 Å². The summed E-state index contributed by atoms with van der Waals surface area (Å²) in [6, 6.07) is 0.326. The minimum Gasteiger partial charge on any atom is -0.314 e. The molecule has 1 atom stereocenters. The highest BCUT2D eigenvalue weighted by atomic mass is 19.3. The summed E-state index contributed by atoms with van der Waals surface area (Å²) in [6.45, 7) is 9.97. The summed E-state index contributed by atoms with van der Waals surface area (Å²) in [4.78, 5) is 1.70. The van der Waals surface area contributed by atoms with E-state index in [2.05, 4.69) is 33.0 Å². The van der Waals surface area contributed by atoms with Gasteiger partial charge in [0.05, 0.1) is 6.54 Å². The second-order valence-electron chi connectivity index (χ2n) is 5.25. The molecule has 0 aromatic heterocycles. The molecule has 1 N–H and O–H groups in total. The van der Waals surface area contributed by atoms with E-state index in [4.69, 9.17) is 0 Å². The molecule has 0 bridgehead atoms. The Morgan fingerprint density at radius 1 is 1.31 bits per heavy atom. The highest BCUT2D eigenvalue weighted by Gasteiger charge is 2.27. The summed E-state index contributed by atoms with van der Waals surface area (Å²) in [7, 11) is 1.75. The summed E-state index contributed by atoms with van der Waals surface area (Å²) in [5, 5.41) is 3.42. The van der Waals surface area contributed by atoms with E-state index >= 15 is 0 Å². The molecule has 16 heavy (non-hydrogen) atoms. The van der Waals surface area contributed by atoms with Gasteiger partial charge in [-0.3, -0.25) is 0 Å². The maximum atomic E-state index is 12.2. The van der Waals surface area contributed by atoms with Gasteiger partial charge in [-0.15, -0.1) is 0 Å². The fourth-order valence-corrected chi connectivity index (χ4v) is 1.77. The minimum atomic E-state index is -2.25. The van der Waals surface area contributed by atoms with Crippen molar-refractivity contribution in [3.8, 4) is 0 Å². The molecular weight excluding hydrogens is 210 g/mol. The summed E-state index contributed by atoms with van der Waals surface area (Å²) in [5.41, 5.74) is -0.00118. The Morgan fingerprint density at radius 3 is 2.31 bits per heavy atom. The molecule has 0 aliphatic heterocycles. The summed E-state index contributed by atoms with van der Waals surface area (Å²) < 4.78 is 24.4. The Bertz CT molecular complexity index is 184. The minimum absolute atomic E-state index is 0.00118. The number of nitrogens with zero attached hydrogens (tertiary/aromatic N) is 1. The molecule has 0 aliphatic rings. The molecule has 4 heteroatoms. The molecule has 0 heterocycles. The van der Waals surface area contributed by atoms with Gasteiger partial charge in [-0.1, -0.05) is 20.8 Å². The third kappa shape index (κ3) is 6.38. The Kier molecular flexibility index (Phi) is 7.07. The molecule has 0 aliphatic carbocycles. The number of hydrogen-bond donors (Lipinski definition) is 1. The van der Waals surface area contributed by atoms with Crippen LogP contribution in [0, 0.1) is 5.41 Å². The predicted octanol–water partition coefficient (Wildman–Crippen LogP) is 2.60. The Labute approximate surface area is 98.4 Å². The zero-order chi connectivity index (χ0) is 12.8. The van der Waals surface area contributed by atoms with E-state index in [0.29, 0.717) is 12.6 Å². The van der Waals surface area contributed by atoms with Crippen molar-refractivity contribution in [3.63, 3.8) is 0 Å². The number of alkyl halides is 2. The molecule has 1 unspecified atom stereocenters. The van der Waals surface area contributed by atoms with Crippen molar-refractivity contribution in [3.05, 3.63) is 0 Å². The van der Waals surface area contributed by atoms with Crippen LogP contribution in [0.5, 0.6) is 0 Å². The van der Waals surface area contributed by atoms with Crippen molar-refractivity contribution >= 4 is 0 Å². The van der Waals surface area contributed by atoms with E-state index in [-0.39, 0.29) is 12.0 Å². The molecule has 0 fully saturated rings. The first kappa shape index (κ1) is 15.8. The van der Waals surface area contributed by atoms with Gasteiger partial charge in [-0.2, -0.15) is 0 Å². The molecule has 0 spiro atoms. The van der Waals surface area contributed by atoms with E-state index in [1.165, 1.54) is 0 Å². The SMILES string of the molecule is CCCNC(C)C(C)(C)CN(C)CC(F)F.